The molecule has 1 aromatic heterocycles. The van der Waals surface area contributed by atoms with E-state index in [0.29, 0.717) is 16.7 Å². The summed E-state index contributed by atoms with van der Waals surface area (Å²) in [5.41, 5.74) is 3.70. The van der Waals surface area contributed by atoms with Gasteiger partial charge in [-0.3, -0.25) is 14.4 Å². The number of allylic oxidation sites excluding steroid dienone is 2. The van der Waals surface area contributed by atoms with Gasteiger partial charge in [-0.2, -0.15) is 0 Å². The van der Waals surface area contributed by atoms with E-state index in [4.69, 9.17) is 4.42 Å². The molecule has 5 nitrogen and oxygen atoms in total. The molecule has 0 saturated carbocycles. The molecular weight excluding hydrogens is 330 g/mol. The third-order valence-electron chi connectivity index (χ3n) is 4.83. The van der Waals surface area contributed by atoms with Gasteiger partial charge >= 0.3 is 0 Å². The van der Waals surface area contributed by atoms with Crippen molar-refractivity contribution in [3.05, 3.63) is 57.4 Å². The zero-order valence-corrected chi connectivity index (χ0v) is 15.8. The lowest BCUT2D eigenvalue weighted by Gasteiger charge is -2.15. The molecule has 0 N–H and O–H groups in total. The van der Waals surface area contributed by atoms with Gasteiger partial charge in [-0.05, 0) is 33.3 Å². The third-order valence-corrected chi connectivity index (χ3v) is 4.83. The van der Waals surface area contributed by atoms with Crippen LogP contribution in [0.25, 0.3) is 11.3 Å². The minimum absolute atomic E-state index is 0.0757. The lowest BCUT2D eigenvalue weighted by Crippen LogP contribution is -2.26. The lowest BCUT2D eigenvalue weighted by atomic mass is 9.84. The Balaban J connectivity index is 2.38. The predicted octanol–water partition coefficient (Wildman–Crippen LogP) is 3.98. The molecule has 0 atom stereocenters. The number of hydrogen-bond donors (Lipinski definition) is 0. The highest BCUT2D eigenvalue weighted by Gasteiger charge is 2.39. The SMILES string of the molecule is CC1=C(C)C(=O)c2c(-c3ccc(C)cc3C)oc(C(=O)N(C)C)c2C1=O. The number of carbonyl (C=O) groups excluding carboxylic acids is 3. The van der Waals surface area contributed by atoms with E-state index >= 15 is 0 Å². The number of hydrogen-bond acceptors (Lipinski definition) is 4. The van der Waals surface area contributed by atoms with Gasteiger partial charge in [-0.1, -0.05) is 23.8 Å². The van der Waals surface area contributed by atoms with Gasteiger partial charge < -0.3 is 9.32 Å². The van der Waals surface area contributed by atoms with Crippen LogP contribution < -0.4 is 0 Å². The Kier molecular flexibility index (Phi) is 4.18. The second-order valence-electron chi connectivity index (χ2n) is 6.94. The zero-order chi connectivity index (χ0) is 19.3. The molecule has 3 rings (SSSR count). The molecule has 1 heterocycles. The minimum atomic E-state index is -0.439. The maximum absolute atomic E-state index is 13.0. The minimum Gasteiger partial charge on any atom is -0.449 e. The summed E-state index contributed by atoms with van der Waals surface area (Å²) in [4.78, 5) is 39.7. The van der Waals surface area contributed by atoms with Crippen molar-refractivity contribution in [2.45, 2.75) is 27.7 Å². The van der Waals surface area contributed by atoms with Gasteiger partial charge in [0.15, 0.2) is 11.6 Å². The fraction of sp³-hybridized carbons (Fsp3) is 0.286. The van der Waals surface area contributed by atoms with Crippen LogP contribution in [0.3, 0.4) is 0 Å². The summed E-state index contributed by atoms with van der Waals surface area (Å²) in [5, 5.41) is 0. The van der Waals surface area contributed by atoms with Crippen molar-refractivity contribution in [1.29, 1.82) is 0 Å². The smallest absolute Gasteiger partial charge is 0.289 e. The number of amides is 1. The molecule has 2 aromatic rings. The van der Waals surface area contributed by atoms with Crippen LogP contribution in [-0.2, 0) is 0 Å². The van der Waals surface area contributed by atoms with Crippen LogP contribution >= 0.6 is 0 Å². The lowest BCUT2D eigenvalue weighted by molar-refractivity contribution is 0.0791. The molecule has 26 heavy (non-hydrogen) atoms. The van der Waals surface area contributed by atoms with Crippen LogP contribution in [-0.4, -0.2) is 36.5 Å². The molecule has 0 radical (unpaired) electrons. The molecule has 0 spiro atoms. The van der Waals surface area contributed by atoms with Crippen molar-refractivity contribution in [2.75, 3.05) is 14.1 Å². The van der Waals surface area contributed by atoms with E-state index in [1.165, 1.54) is 4.90 Å². The molecule has 0 unspecified atom stereocenters. The first kappa shape index (κ1) is 17.9. The average Bonchev–Trinajstić information content (AvgIpc) is 2.97. The van der Waals surface area contributed by atoms with Crippen molar-refractivity contribution in [2.24, 2.45) is 0 Å². The van der Waals surface area contributed by atoms with Crippen molar-refractivity contribution in [3.8, 4) is 11.3 Å². The number of fused-ring (bicyclic) bond motifs is 1. The normalized spacial score (nSPS) is 13.9. The Morgan fingerprint density at radius 3 is 2.04 bits per heavy atom. The molecule has 0 saturated heterocycles. The number of carbonyl (C=O) groups is 3. The van der Waals surface area contributed by atoms with Crippen LogP contribution in [0.1, 0.15) is 56.2 Å². The largest absolute Gasteiger partial charge is 0.449 e. The molecule has 0 fully saturated rings. The average molecular weight is 351 g/mol. The highest BCUT2D eigenvalue weighted by molar-refractivity contribution is 6.30. The molecular formula is C21H21NO4. The number of benzene rings is 1. The maximum Gasteiger partial charge on any atom is 0.289 e. The second kappa shape index (κ2) is 6.09. The van der Waals surface area contributed by atoms with E-state index in [-0.39, 0.29) is 34.2 Å². The Bertz CT molecular complexity index is 1010. The molecule has 0 aliphatic heterocycles. The standard InChI is InChI=1S/C21H21NO4/c1-10-7-8-14(11(2)9-10)19-15-16(20(26-19)21(25)22(5)6)18(24)13(4)12(3)17(15)23/h7-9H,1-6H3. The first-order chi connectivity index (χ1) is 12.1. The maximum atomic E-state index is 13.0. The van der Waals surface area contributed by atoms with Gasteiger partial charge in [0, 0.05) is 30.8 Å². The number of aryl methyl sites for hydroxylation is 2. The Labute approximate surface area is 152 Å². The Morgan fingerprint density at radius 1 is 0.923 bits per heavy atom. The molecule has 1 amide bonds. The third kappa shape index (κ3) is 2.51. The van der Waals surface area contributed by atoms with Crippen LogP contribution in [0, 0.1) is 13.8 Å². The van der Waals surface area contributed by atoms with Crippen molar-refractivity contribution in [3.63, 3.8) is 0 Å². The van der Waals surface area contributed by atoms with E-state index in [9.17, 15) is 14.4 Å². The molecule has 1 aliphatic rings. The Hall–Kier alpha value is -2.95. The number of furan rings is 1. The highest BCUT2D eigenvalue weighted by Crippen LogP contribution is 2.39. The quantitative estimate of drug-likeness (QED) is 0.821. The van der Waals surface area contributed by atoms with Crippen molar-refractivity contribution in [1.82, 2.24) is 4.90 Å². The fourth-order valence-corrected chi connectivity index (χ4v) is 3.19. The van der Waals surface area contributed by atoms with Gasteiger partial charge in [0.1, 0.15) is 5.76 Å². The summed E-state index contributed by atoms with van der Waals surface area (Å²) < 4.78 is 5.88. The van der Waals surface area contributed by atoms with E-state index in [0.717, 1.165) is 11.1 Å². The van der Waals surface area contributed by atoms with Gasteiger partial charge in [0.25, 0.3) is 5.91 Å². The van der Waals surface area contributed by atoms with Gasteiger partial charge in [0.2, 0.25) is 5.76 Å². The summed E-state index contributed by atoms with van der Waals surface area (Å²) in [6.07, 6.45) is 0. The molecule has 5 heteroatoms. The summed E-state index contributed by atoms with van der Waals surface area (Å²) >= 11 is 0. The zero-order valence-electron chi connectivity index (χ0n) is 15.8. The molecule has 0 bridgehead atoms. The summed E-state index contributed by atoms with van der Waals surface area (Å²) in [6, 6.07) is 5.74. The van der Waals surface area contributed by atoms with Gasteiger partial charge in [-0.15, -0.1) is 0 Å². The summed E-state index contributed by atoms with van der Waals surface area (Å²) in [5.74, 6) is -0.834. The van der Waals surface area contributed by atoms with E-state index in [1.807, 2.05) is 32.0 Å². The first-order valence-corrected chi connectivity index (χ1v) is 8.38. The number of Topliss-reactive ketones (excluding diaryl/α,β-unsaturated/α-hetero) is 2. The van der Waals surface area contributed by atoms with E-state index in [2.05, 4.69) is 0 Å². The number of rotatable bonds is 2. The van der Waals surface area contributed by atoms with E-state index < -0.39 is 5.91 Å². The van der Waals surface area contributed by atoms with Crippen molar-refractivity contribution >= 4 is 17.5 Å². The molecule has 1 aromatic carbocycles. The topological polar surface area (TPSA) is 67.6 Å². The first-order valence-electron chi connectivity index (χ1n) is 8.38. The van der Waals surface area contributed by atoms with Crippen LogP contribution in [0.15, 0.2) is 33.8 Å². The summed E-state index contributed by atoms with van der Waals surface area (Å²) in [6.45, 7) is 7.12. The monoisotopic (exact) mass is 351 g/mol. The molecule has 1 aliphatic carbocycles. The second-order valence-corrected chi connectivity index (χ2v) is 6.94. The van der Waals surface area contributed by atoms with Gasteiger partial charge in [-0.25, -0.2) is 0 Å². The van der Waals surface area contributed by atoms with Crippen LogP contribution in [0.5, 0.6) is 0 Å². The van der Waals surface area contributed by atoms with Gasteiger partial charge in [0.05, 0.1) is 11.1 Å². The fourth-order valence-electron chi connectivity index (χ4n) is 3.19. The molecule has 134 valence electrons. The number of ketones is 2. The van der Waals surface area contributed by atoms with Crippen LogP contribution in [0.4, 0.5) is 0 Å². The highest BCUT2D eigenvalue weighted by atomic mass is 16.4. The van der Waals surface area contributed by atoms with Crippen molar-refractivity contribution < 1.29 is 18.8 Å². The van der Waals surface area contributed by atoms with E-state index in [1.54, 1.807) is 27.9 Å². The number of nitrogens with zero attached hydrogens (tertiary/aromatic N) is 1. The predicted molar refractivity (Wildman–Crippen MR) is 98.7 cm³/mol. The Morgan fingerprint density at radius 2 is 1.50 bits per heavy atom. The summed E-state index contributed by atoms with van der Waals surface area (Å²) in [7, 11) is 3.16. The van der Waals surface area contributed by atoms with Crippen LogP contribution in [0.2, 0.25) is 0 Å².